The molecule has 1 heterocycles. The van der Waals surface area contributed by atoms with E-state index in [9.17, 15) is 0 Å². The fraction of sp³-hybridized carbons (Fsp3) is 0.333. The third kappa shape index (κ3) is 3.45. The largest absolute Gasteiger partial charge is 0.339 e. The first-order valence-corrected chi connectivity index (χ1v) is 6.35. The number of nitrogens with one attached hydrogen (secondary N) is 1. The molecule has 4 nitrogen and oxygen atoms in total. The summed E-state index contributed by atoms with van der Waals surface area (Å²) in [4.78, 5) is 4.12. The van der Waals surface area contributed by atoms with Gasteiger partial charge in [0.05, 0.1) is 10.0 Å². The molecular formula is C12H13Cl2N3O. The van der Waals surface area contributed by atoms with Gasteiger partial charge >= 0.3 is 0 Å². The lowest BCUT2D eigenvalue weighted by Gasteiger charge is -2.06. The molecule has 2 aromatic rings. The first-order chi connectivity index (χ1) is 8.66. The number of rotatable bonds is 5. The summed E-state index contributed by atoms with van der Waals surface area (Å²) < 4.78 is 5.01. The van der Waals surface area contributed by atoms with E-state index < -0.39 is 0 Å². The van der Waals surface area contributed by atoms with Gasteiger partial charge in [0.15, 0.2) is 5.82 Å². The SMILES string of the molecule is Cc1noc(CCNCc2cccc(Cl)c2Cl)n1. The molecule has 6 heteroatoms. The van der Waals surface area contributed by atoms with Gasteiger partial charge in [-0.25, -0.2) is 0 Å². The van der Waals surface area contributed by atoms with Crippen LogP contribution >= 0.6 is 23.2 Å². The highest BCUT2D eigenvalue weighted by molar-refractivity contribution is 6.42. The monoisotopic (exact) mass is 285 g/mol. The van der Waals surface area contributed by atoms with Crippen LogP contribution in [-0.2, 0) is 13.0 Å². The molecule has 0 atom stereocenters. The number of benzene rings is 1. The van der Waals surface area contributed by atoms with Gasteiger partial charge in [0, 0.05) is 19.5 Å². The number of aromatic nitrogens is 2. The number of hydrogen-bond donors (Lipinski definition) is 1. The quantitative estimate of drug-likeness (QED) is 0.858. The second-order valence-corrected chi connectivity index (χ2v) is 4.66. The van der Waals surface area contributed by atoms with Gasteiger partial charge in [-0.1, -0.05) is 40.5 Å². The van der Waals surface area contributed by atoms with Crippen LogP contribution in [0.5, 0.6) is 0 Å². The van der Waals surface area contributed by atoms with Crippen LogP contribution in [0.25, 0.3) is 0 Å². The summed E-state index contributed by atoms with van der Waals surface area (Å²) in [7, 11) is 0. The van der Waals surface area contributed by atoms with Crippen molar-refractivity contribution in [2.45, 2.75) is 19.9 Å². The molecule has 0 fully saturated rings. The summed E-state index contributed by atoms with van der Waals surface area (Å²) in [5.41, 5.74) is 0.978. The van der Waals surface area contributed by atoms with Crippen molar-refractivity contribution in [3.8, 4) is 0 Å². The van der Waals surface area contributed by atoms with Crippen molar-refractivity contribution in [3.63, 3.8) is 0 Å². The van der Waals surface area contributed by atoms with Gasteiger partial charge in [-0.3, -0.25) is 0 Å². The Bertz CT molecular complexity index is 528. The van der Waals surface area contributed by atoms with Crippen LogP contribution in [0.2, 0.25) is 10.0 Å². The summed E-state index contributed by atoms with van der Waals surface area (Å²) in [6.07, 6.45) is 0.693. The van der Waals surface area contributed by atoms with E-state index in [0.717, 1.165) is 12.1 Å². The van der Waals surface area contributed by atoms with Gasteiger partial charge in [0.1, 0.15) is 0 Å². The molecule has 0 saturated carbocycles. The molecule has 0 amide bonds. The Morgan fingerprint density at radius 3 is 2.89 bits per heavy atom. The summed E-state index contributed by atoms with van der Waals surface area (Å²) in [5.74, 6) is 1.29. The van der Waals surface area contributed by atoms with Gasteiger partial charge in [0.25, 0.3) is 0 Å². The van der Waals surface area contributed by atoms with E-state index in [1.165, 1.54) is 0 Å². The normalized spacial score (nSPS) is 10.8. The van der Waals surface area contributed by atoms with Crippen molar-refractivity contribution >= 4 is 23.2 Å². The molecule has 18 heavy (non-hydrogen) atoms. The number of halogens is 2. The molecule has 0 unspecified atom stereocenters. The van der Waals surface area contributed by atoms with Crippen molar-refractivity contribution in [1.82, 2.24) is 15.5 Å². The lowest BCUT2D eigenvalue weighted by atomic mass is 10.2. The van der Waals surface area contributed by atoms with Crippen LogP contribution in [0.1, 0.15) is 17.3 Å². The zero-order valence-electron chi connectivity index (χ0n) is 9.91. The molecule has 0 saturated heterocycles. The van der Waals surface area contributed by atoms with Crippen molar-refractivity contribution in [2.24, 2.45) is 0 Å². The van der Waals surface area contributed by atoms with Crippen molar-refractivity contribution in [3.05, 3.63) is 45.5 Å². The van der Waals surface area contributed by atoms with Crippen LogP contribution in [-0.4, -0.2) is 16.7 Å². The minimum atomic E-state index is 0.573. The number of hydrogen-bond acceptors (Lipinski definition) is 4. The van der Waals surface area contributed by atoms with E-state index in [4.69, 9.17) is 27.7 Å². The second kappa shape index (κ2) is 6.18. The Morgan fingerprint density at radius 2 is 2.17 bits per heavy atom. The van der Waals surface area contributed by atoms with Crippen LogP contribution in [0.15, 0.2) is 22.7 Å². The first kappa shape index (κ1) is 13.3. The fourth-order valence-electron chi connectivity index (χ4n) is 1.54. The van der Waals surface area contributed by atoms with E-state index in [2.05, 4.69) is 15.5 Å². The summed E-state index contributed by atoms with van der Waals surface area (Å²) in [5, 5.41) is 8.15. The van der Waals surface area contributed by atoms with Gasteiger partial charge in [-0.15, -0.1) is 0 Å². The highest BCUT2D eigenvalue weighted by Crippen LogP contribution is 2.25. The minimum Gasteiger partial charge on any atom is -0.339 e. The third-order valence-corrected chi connectivity index (χ3v) is 3.29. The van der Waals surface area contributed by atoms with Gasteiger partial charge in [0.2, 0.25) is 5.89 Å². The molecule has 2 rings (SSSR count). The highest BCUT2D eigenvalue weighted by atomic mass is 35.5. The Labute approximate surface area is 115 Å². The summed E-state index contributed by atoms with van der Waals surface area (Å²) >= 11 is 12.0. The van der Waals surface area contributed by atoms with Crippen LogP contribution < -0.4 is 5.32 Å². The number of aryl methyl sites for hydroxylation is 1. The zero-order chi connectivity index (χ0) is 13.0. The predicted octanol–water partition coefficient (Wildman–Crippen LogP) is 3.02. The molecule has 0 radical (unpaired) electrons. The van der Waals surface area contributed by atoms with Crippen LogP contribution in [0, 0.1) is 6.92 Å². The summed E-state index contributed by atoms with van der Waals surface area (Å²) in [6, 6.07) is 5.60. The van der Waals surface area contributed by atoms with Crippen molar-refractivity contribution in [2.75, 3.05) is 6.54 Å². The standard InChI is InChI=1S/C12H13Cl2N3O/c1-8-16-11(18-17-8)5-6-15-7-9-3-2-4-10(13)12(9)14/h2-4,15H,5-7H2,1H3. The van der Waals surface area contributed by atoms with Crippen molar-refractivity contribution < 1.29 is 4.52 Å². The van der Waals surface area contributed by atoms with Gasteiger partial charge < -0.3 is 9.84 Å². The van der Waals surface area contributed by atoms with Crippen LogP contribution in [0.3, 0.4) is 0 Å². The van der Waals surface area contributed by atoms with Crippen LogP contribution in [0.4, 0.5) is 0 Å². The molecule has 0 aliphatic carbocycles. The lowest BCUT2D eigenvalue weighted by Crippen LogP contribution is -2.17. The molecule has 0 bridgehead atoms. The minimum absolute atomic E-state index is 0.573. The second-order valence-electron chi connectivity index (χ2n) is 3.88. The maximum Gasteiger partial charge on any atom is 0.227 e. The van der Waals surface area contributed by atoms with E-state index in [1.807, 2.05) is 12.1 Å². The van der Waals surface area contributed by atoms with E-state index in [0.29, 0.717) is 34.7 Å². The topological polar surface area (TPSA) is 51.0 Å². The van der Waals surface area contributed by atoms with E-state index >= 15 is 0 Å². The maximum atomic E-state index is 6.08. The Kier molecular flexibility index (Phi) is 4.58. The molecule has 1 aromatic heterocycles. The molecule has 0 aliphatic heterocycles. The predicted molar refractivity (Wildman–Crippen MR) is 70.9 cm³/mol. The Balaban J connectivity index is 1.80. The average Bonchev–Trinajstić information content (AvgIpc) is 2.76. The molecule has 96 valence electrons. The third-order valence-electron chi connectivity index (χ3n) is 2.43. The number of nitrogens with zero attached hydrogens (tertiary/aromatic N) is 2. The Morgan fingerprint density at radius 1 is 1.33 bits per heavy atom. The highest BCUT2D eigenvalue weighted by Gasteiger charge is 2.05. The fourth-order valence-corrected chi connectivity index (χ4v) is 1.93. The van der Waals surface area contributed by atoms with Gasteiger partial charge in [-0.2, -0.15) is 4.98 Å². The van der Waals surface area contributed by atoms with Crippen molar-refractivity contribution in [1.29, 1.82) is 0 Å². The average molecular weight is 286 g/mol. The smallest absolute Gasteiger partial charge is 0.227 e. The summed E-state index contributed by atoms with van der Waals surface area (Å²) in [6.45, 7) is 3.20. The van der Waals surface area contributed by atoms with Gasteiger partial charge in [-0.05, 0) is 18.6 Å². The molecule has 0 spiro atoms. The molecule has 1 aromatic carbocycles. The van der Waals surface area contributed by atoms with E-state index in [1.54, 1.807) is 13.0 Å². The molecular weight excluding hydrogens is 273 g/mol. The first-order valence-electron chi connectivity index (χ1n) is 5.59. The molecule has 1 N–H and O–H groups in total. The lowest BCUT2D eigenvalue weighted by molar-refractivity contribution is 0.372. The van der Waals surface area contributed by atoms with E-state index in [-0.39, 0.29) is 0 Å². The maximum absolute atomic E-state index is 6.08. The Hall–Kier alpha value is -1.10. The zero-order valence-corrected chi connectivity index (χ0v) is 11.4. The molecule has 0 aliphatic rings.